The maximum atomic E-state index is 5.81. The Morgan fingerprint density at radius 1 is 1.44 bits per heavy atom. The number of hydrogen-bond acceptors (Lipinski definition) is 4. The van der Waals surface area contributed by atoms with Crippen LogP contribution in [0.15, 0.2) is 6.07 Å². The fraction of sp³-hybridized carbons (Fsp3) is 0.636. The summed E-state index contributed by atoms with van der Waals surface area (Å²) in [6, 6.07) is 2.01. The molecule has 0 saturated heterocycles. The smallest absolute Gasteiger partial charge is 0.226 e. The molecule has 0 radical (unpaired) electrons. The van der Waals surface area contributed by atoms with E-state index in [2.05, 4.69) is 22.2 Å². The second-order valence-corrected chi connectivity index (χ2v) is 3.82. The molecule has 1 aromatic rings. The summed E-state index contributed by atoms with van der Waals surface area (Å²) in [5.74, 6) is 1.72. The van der Waals surface area contributed by atoms with Crippen LogP contribution in [-0.2, 0) is 0 Å². The summed E-state index contributed by atoms with van der Waals surface area (Å²) >= 11 is 5.81. The normalized spacial score (nSPS) is 12.2. The molecule has 90 valence electrons. The number of alkyl halides is 1. The SMILES string of the molecule is CCOc1cc(C)nc(NC(CC)CCl)n1. The summed E-state index contributed by atoms with van der Waals surface area (Å²) < 4.78 is 5.35. The first-order valence-electron chi connectivity index (χ1n) is 5.50. The summed E-state index contributed by atoms with van der Waals surface area (Å²) in [5, 5.41) is 3.18. The molecule has 1 aromatic heterocycles. The van der Waals surface area contributed by atoms with Crippen LogP contribution in [0.2, 0.25) is 0 Å². The lowest BCUT2D eigenvalue weighted by atomic mass is 10.3. The largest absolute Gasteiger partial charge is 0.478 e. The van der Waals surface area contributed by atoms with Crippen LogP contribution in [0, 0.1) is 6.92 Å². The molecule has 1 rings (SSSR count). The highest BCUT2D eigenvalue weighted by molar-refractivity contribution is 6.18. The van der Waals surface area contributed by atoms with Gasteiger partial charge in [-0.25, -0.2) is 4.98 Å². The number of nitrogens with one attached hydrogen (secondary N) is 1. The first kappa shape index (κ1) is 13.0. The van der Waals surface area contributed by atoms with Gasteiger partial charge in [-0.15, -0.1) is 11.6 Å². The van der Waals surface area contributed by atoms with Crippen LogP contribution in [0.1, 0.15) is 26.0 Å². The summed E-state index contributed by atoms with van der Waals surface area (Å²) in [6.07, 6.45) is 0.935. The minimum absolute atomic E-state index is 0.193. The monoisotopic (exact) mass is 243 g/mol. The number of rotatable bonds is 6. The van der Waals surface area contributed by atoms with Crippen molar-refractivity contribution in [3.05, 3.63) is 11.8 Å². The lowest BCUT2D eigenvalue weighted by molar-refractivity contribution is 0.326. The Morgan fingerprint density at radius 3 is 2.75 bits per heavy atom. The van der Waals surface area contributed by atoms with Gasteiger partial charge in [-0.1, -0.05) is 6.92 Å². The van der Waals surface area contributed by atoms with Crippen LogP contribution in [0.25, 0.3) is 0 Å². The first-order chi connectivity index (χ1) is 7.69. The molecule has 0 spiro atoms. The first-order valence-corrected chi connectivity index (χ1v) is 6.04. The van der Waals surface area contributed by atoms with E-state index in [1.165, 1.54) is 0 Å². The van der Waals surface area contributed by atoms with Crippen LogP contribution in [0.3, 0.4) is 0 Å². The molecule has 0 aliphatic rings. The standard InChI is InChI=1S/C11H18ClN3O/c1-4-9(7-12)14-11-13-8(3)6-10(15-11)16-5-2/h6,9H,4-5,7H2,1-3H3,(H,13,14,15). The van der Waals surface area contributed by atoms with Crippen molar-refractivity contribution in [3.8, 4) is 5.88 Å². The molecule has 0 fully saturated rings. The Bertz CT molecular complexity index is 329. The van der Waals surface area contributed by atoms with Crippen molar-refractivity contribution in [3.63, 3.8) is 0 Å². The van der Waals surface area contributed by atoms with Gasteiger partial charge in [-0.3, -0.25) is 0 Å². The molecule has 1 heterocycles. The van der Waals surface area contributed by atoms with Gasteiger partial charge in [-0.2, -0.15) is 4.98 Å². The lowest BCUT2D eigenvalue weighted by Gasteiger charge is -2.14. The third-order valence-corrected chi connectivity index (χ3v) is 2.51. The Morgan fingerprint density at radius 2 is 2.19 bits per heavy atom. The molecule has 1 atom stereocenters. The molecule has 0 aliphatic heterocycles. The van der Waals surface area contributed by atoms with Gasteiger partial charge in [0.1, 0.15) is 0 Å². The van der Waals surface area contributed by atoms with Crippen molar-refractivity contribution in [2.45, 2.75) is 33.2 Å². The van der Waals surface area contributed by atoms with Crippen molar-refractivity contribution in [1.82, 2.24) is 9.97 Å². The molecule has 1 unspecified atom stereocenters. The Kier molecular flexibility index (Phi) is 5.32. The molecule has 5 heteroatoms. The molecule has 16 heavy (non-hydrogen) atoms. The molecule has 0 aliphatic carbocycles. The summed E-state index contributed by atoms with van der Waals surface area (Å²) in [4.78, 5) is 8.55. The van der Waals surface area contributed by atoms with Crippen LogP contribution in [0.4, 0.5) is 5.95 Å². The van der Waals surface area contributed by atoms with Gasteiger partial charge < -0.3 is 10.1 Å². The van der Waals surface area contributed by atoms with Gasteiger partial charge in [-0.05, 0) is 20.3 Å². The molecular weight excluding hydrogens is 226 g/mol. The number of anilines is 1. The molecule has 0 saturated carbocycles. The number of aromatic nitrogens is 2. The van der Waals surface area contributed by atoms with Crippen LogP contribution in [0.5, 0.6) is 5.88 Å². The topological polar surface area (TPSA) is 47.0 Å². The van der Waals surface area contributed by atoms with E-state index in [9.17, 15) is 0 Å². The zero-order valence-corrected chi connectivity index (χ0v) is 10.7. The Hall–Kier alpha value is -1.03. The highest BCUT2D eigenvalue weighted by Crippen LogP contribution is 2.13. The summed E-state index contributed by atoms with van der Waals surface area (Å²) in [6.45, 7) is 6.51. The number of hydrogen-bond donors (Lipinski definition) is 1. The van der Waals surface area contributed by atoms with Gasteiger partial charge in [0.25, 0.3) is 0 Å². The molecule has 0 bridgehead atoms. The van der Waals surface area contributed by atoms with E-state index in [0.29, 0.717) is 24.3 Å². The van der Waals surface area contributed by atoms with E-state index in [1.807, 2.05) is 19.9 Å². The van der Waals surface area contributed by atoms with E-state index < -0.39 is 0 Å². The average Bonchev–Trinajstić information content (AvgIpc) is 2.25. The highest BCUT2D eigenvalue weighted by Gasteiger charge is 2.08. The quantitative estimate of drug-likeness (QED) is 0.781. The third-order valence-electron chi connectivity index (χ3n) is 2.14. The second kappa shape index (κ2) is 6.53. The van der Waals surface area contributed by atoms with Crippen molar-refractivity contribution in [2.24, 2.45) is 0 Å². The van der Waals surface area contributed by atoms with Gasteiger partial charge in [0.05, 0.1) is 6.61 Å². The van der Waals surface area contributed by atoms with Gasteiger partial charge >= 0.3 is 0 Å². The summed E-state index contributed by atoms with van der Waals surface area (Å²) in [5.41, 5.74) is 0.880. The van der Waals surface area contributed by atoms with Crippen molar-refractivity contribution >= 4 is 17.5 Å². The Labute approximate surface area is 101 Å². The van der Waals surface area contributed by atoms with E-state index in [1.54, 1.807) is 0 Å². The fourth-order valence-corrected chi connectivity index (χ4v) is 1.55. The van der Waals surface area contributed by atoms with Gasteiger partial charge in [0, 0.05) is 23.7 Å². The third kappa shape index (κ3) is 3.85. The summed E-state index contributed by atoms with van der Waals surface area (Å²) in [7, 11) is 0. The van der Waals surface area contributed by atoms with Gasteiger partial charge in [0.15, 0.2) is 0 Å². The van der Waals surface area contributed by atoms with Crippen molar-refractivity contribution < 1.29 is 4.74 Å². The van der Waals surface area contributed by atoms with Crippen LogP contribution < -0.4 is 10.1 Å². The van der Waals surface area contributed by atoms with E-state index in [0.717, 1.165) is 12.1 Å². The maximum Gasteiger partial charge on any atom is 0.226 e. The number of aryl methyl sites for hydroxylation is 1. The maximum absolute atomic E-state index is 5.81. The number of nitrogens with zero attached hydrogens (tertiary/aromatic N) is 2. The van der Waals surface area contributed by atoms with E-state index in [-0.39, 0.29) is 6.04 Å². The zero-order chi connectivity index (χ0) is 12.0. The minimum Gasteiger partial charge on any atom is -0.478 e. The predicted molar refractivity (Wildman–Crippen MR) is 66.4 cm³/mol. The predicted octanol–water partition coefficient (Wildman–Crippen LogP) is 2.61. The van der Waals surface area contributed by atoms with Gasteiger partial charge in [0.2, 0.25) is 11.8 Å². The fourth-order valence-electron chi connectivity index (χ4n) is 1.26. The second-order valence-electron chi connectivity index (χ2n) is 3.51. The number of halogens is 1. The molecule has 0 amide bonds. The van der Waals surface area contributed by atoms with Crippen molar-refractivity contribution in [1.29, 1.82) is 0 Å². The lowest BCUT2D eigenvalue weighted by Crippen LogP contribution is -2.21. The molecular formula is C11H18ClN3O. The number of ether oxygens (including phenoxy) is 1. The zero-order valence-electron chi connectivity index (χ0n) is 9.96. The Balaban J connectivity index is 2.78. The van der Waals surface area contributed by atoms with Crippen LogP contribution in [-0.4, -0.2) is 28.5 Å². The molecule has 1 N–H and O–H groups in total. The highest BCUT2D eigenvalue weighted by atomic mass is 35.5. The minimum atomic E-state index is 0.193. The molecule has 0 aromatic carbocycles. The molecule has 4 nitrogen and oxygen atoms in total. The average molecular weight is 244 g/mol. The van der Waals surface area contributed by atoms with E-state index >= 15 is 0 Å². The van der Waals surface area contributed by atoms with E-state index in [4.69, 9.17) is 16.3 Å². The van der Waals surface area contributed by atoms with Crippen LogP contribution >= 0.6 is 11.6 Å². The van der Waals surface area contributed by atoms with Crippen molar-refractivity contribution in [2.75, 3.05) is 17.8 Å².